The molecule has 5 rings (SSSR count). The molecule has 1 fully saturated rings. The fraction of sp³-hybridized carbons (Fsp3) is 0.265. The lowest BCUT2D eigenvalue weighted by Gasteiger charge is -2.40. The van der Waals surface area contributed by atoms with Crippen LogP contribution in [0, 0.1) is 0 Å². The van der Waals surface area contributed by atoms with E-state index in [4.69, 9.17) is 18.9 Å². The number of carbonyl (C=O) groups excluding carboxylic acids is 1. The Hall–Kier alpha value is -3.26. The van der Waals surface area contributed by atoms with Crippen LogP contribution in [0.5, 0.6) is 0 Å². The molecule has 4 aromatic rings. The molecule has 0 spiro atoms. The highest BCUT2D eigenvalue weighted by atomic mass is 32.2. The Morgan fingerprint density at radius 2 is 0.900 bits per heavy atom. The monoisotopic (exact) mass is 554 g/mol. The van der Waals surface area contributed by atoms with Gasteiger partial charge in [0.2, 0.25) is 5.12 Å². The fourth-order valence-electron chi connectivity index (χ4n) is 4.64. The predicted octanol–water partition coefficient (Wildman–Crippen LogP) is 6.60. The standard InChI is InChI=1S/C34H34O5S/c35-34-33(39-24-29-19-11-4-12-20-29)32(38-23-28-17-9-3-10-18-28)31(37-22-27-15-7-2-8-16-27)30(40-34)25-36-21-26-13-5-1-6-14-26/h1-20,30-33H,21-25H2/t30-,31+,32-,33-/m0/s1. The maximum absolute atomic E-state index is 13.5. The van der Waals surface area contributed by atoms with Gasteiger partial charge in [0.25, 0.3) is 0 Å². The highest BCUT2D eigenvalue weighted by molar-refractivity contribution is 8.14. The van der Waals surface area contributed by atoms with E-state index in [1.54, 1.807) is 0 Å². The first kappa shape index (κ1) is 28.3. The molecular formula is C34H34O5S. The fourth-order valence-corrected chi connectivity index (χ4v) is 5.80. The first-order chi connectivity index (χ1) is 19.8. The van der Waals surface area contributed by atoms with Crippen LogP contribution in [0.15, 0.2) is 121 Å². The van der Waals surface area contributed by atoms with Crippen molar-refractivity contribution in [3.63, 3.8) is 0 Å². The maximum Gasteiger partial charge on any atom is 0.220 e. The number of rotatable bonds is 13. The lowest BCUT2D eigenvalue weighted by atomic mass is 10.0. The van der Waals surface area contributed by atoms with Crippen molar-refractivity contribution in [2.24, 2.45) is 0 Å². The van der Waals surface area contributed by atoms with Gasteiger partial charge in [-0.05, 0) is 22.3 Å². The van der Waals surface area contributed by atoms with E-state index in [1.165, 1.54) is 11.8 Å². The molecule has 0 bridgehead atoms. The third kappa shape index (κ3) is 8.13. The van der Waals surface area contributed by atoms with E-state index in [0.717, 1.165) is 22.3 Å². The summed E-state index contributed by atoms with van der Waals surface area (Å²) in [5, 5.41) is -0.320. The van der Waals surface area contributed by atoms with Crippen LogP contribution >= 0.6 is 11.8 Å². The van der Waals surface area contributed by atoms with E-state index in [1.807, 2.05) is 121 Å². The highest BCUT2D eigenvalue weighted by Gasteiger charge is 2.47. The second kappa shape index (κ2) is 14.9. The minimum absolute atomic E-state index is 0.0677. The number of carbonyl (C=O) groups is 1. The Morgan fingerprint density at radius 1 is 0.500 bits per heavy atom. The Labute approximate surface area is 240 Å². The minimum Gasteiger partial charge on any atom is -0.376 e. The van der Waals surface area contributed by atoms with E-state index >= 15 is 0 Å². The summed E-state index contributed by atoms with van der Waals surface area (Å²) in [7, 11) is 0. The summed E-state index contributed by atoms with van der Waals surface area (Å²) in [5.41, 5.74) is 4.15. The molecule has 1 aliphatic heterocycles. The maximum atomic E-state index is 13.5. The summed E-state index contributed by atoms with van der Waals surface area (Å²) in [4.78, 5) is 13.5. The molecule has 40 heavy (non-hydrogen) atoms. The summed E-state index contributed by atoms with van der Waals surface area (Å²) in [5.74, 6) is 0. The second-order valence-electron chi connectivity index (χ2n) is 9.72. The van der Waals surface area contributed by atoms with Crippen LogP contribution in [0.4, 0.5) is 0 Å². The van der Waals surface area contributed by atoms with Gasteiger partial charge in [-0.3, -0.25) is 4.79 Å². The molecule has 206 valence electrons. The molecule has 0 unspecified atom stereocenters. The number of ether oxygens (including phenoxy) is 4. The van der Waals surface area contributed by atoms with E-state index in [0.29, 0.717) is 33.0 Å². The molecule has 5 nitrogen and oxygen atoms in total. The normalized spacial score (nSPS) is 20.9. The SMILES string of the molecule is O=C1S[C@@H](COCc2ccccc2)[C@@H](OCc2ccccc2)[C@H](OCc2ccccc2)[C@@H]1OCc1ccccc1. The predicted molar refractivity (Wildman–Crippen MR) is 158 cm³/mol. The van der Waals surface area contributed by atoms with Crippen molar-refractivity contribution in [1.29, 1.82) is 0 Å². The third-order valence-corrected chi connectivity index (χ3v) is 7.90. The van der Waals surface area contributed by atoms with E-state index < -0.39 is 18.3 Å². The average Bonchev–Trinajstić information content (AvgIpc) is 3.01. The molecule has 0 aromatic heterocycles. The Kier molecular flexibility index (Phi) is 10.6. The molecule has 4 aromatic carbocycles. The van der Waals surface area contributed by atoms with Crippen LogP contribution in [0.25, 0.3) is 0 Å². The molecule has 1 saturated heterocycles. The molecule has 0 aliphatic carbocycles. The molecule has 0 saturated carbocycles. The molecule has 0 amide bonds. The van der Waals surface area contributed by atoms with Crippen LogP contribution in [0.1, 0.15) is 22.3 Å². The van der Waals surface area contributed by atoms with Crippen molar-refractivity contribution < 1.29 is 23.7 Å². The number of hydrogen-bond acceptors (Lipinski definition) is 6. The van der Waals surface area contributed by atoms with Crippen LogP contribution in [-0.2, 0) is 50.2 Å². The van der Waals surface area contributed by atoms with Gasteiger partial charge in [-0.1, -0.05) is 133 Å². The van der Waals surface area contributed by atoms with Crippen LogP contribution < -0.4 is 0 Å². The lowest BCUT2D eigenvalue weighted by molar-refractivity contribution is -0.166. The number of benzene rings is 4. The van der Waals surface area contributed by atoms with Crippen LogP contribution in [-0.4, -0.2) is 35.3 Å². The van der Waals surface area contributed by atoms with Gasteiger partial charge < -0.3 is 18.9 Å². The van der Waals surface area contributed by atoms with Crippen molar-refractivity contribution in [3.8, 4) is 0 Å². The summed E-state index contributed by atoms with van der Waals surface area (Å²) in [6, 6.07) is 39.9. The first-order valence-electron chi connectivity index (χ1n) is 13.5. The first-order valence-corrected chi connectivity index (χ1v) is 14.4. The quantitative estimate of drug-likeness (QED) is 0.186. The molecule has 1 heterocycles. The van der Waals surface area contributed by atoms with E-state index in [-0.39, 0.29) is 10.4 Å². The van der Waals surface area contributed by atoms with Gasteiger partial charge in [0, 0.05) is 0 Å². The molecule has 0 N–H and O–H groups in total. The van der Waals surface area contributed by atoms with E-state index in [2.05, 4.69) is 0 Å². The zero-order valence-electron chi connectivity index (χ0n) is 22.3. The third-order valence-electron chi connectivity index (χ3n) is 6.73. The highest BCUT2D eigenvalue weighted by Crippen LogP contribution is 2.35. The molecule has 0 radical (unpaired) electrons. The topological polar surface area (TPSA) is 54.0 Å². The van der Waals surface area contributed by atoms with Crippen molar-refractivity contribution >= 4 is 16.9 Å². The zero-order valence-corrected chi connectivity index (χ0v) is 23.2. The molecule has 6 heteroatoms. The zero-order chi connectivity index (χ0) is 27.4. The van der Waals surface area contributed by atoms with Gasteiger partial charge in [-0.25, -0.2) is 0 Å². The Balaban J connectivity index is 1.36. The van der Waals surface area contributed by atoms with Gasteiger partial charge >= 0.3 is 0 Å². The summed E-state index contributed by atoms with van der Waals surface area (Å²) < 4.78 is 25.4. The Morgan fingerprint density at radius 3 is 1.38 bits per heavy atom. The van der Waals surface area contributed by atoms with Crippen molar-refractivity contribution in [1.82, 2.24) is 0 Å². The van der Waals surface area contributed by atoms with Gasteiger partial charge in [-0.2, -0.15) is 0 Å². The summed E-state index contributed by atoms with van der Waals surface area (Å²) in [6.07, 6.45) is -1.81. The lowest BCUT2D eigenvalue weighted by Crippen LogP contribution is -2.55. The van der Waals surface area contributed by atoms with Crippen molar-refractivity contribution in [3.05, 3.63) is 144 Å². The van der Waals surface area contributed by atoms with Gasteiger partial charge in [0.05, 0.1) is 38.3 Å². The summed E-state index contributed by atoms with van der Waals surface area (Å²) >= 11 is 1.24. The molecular weight excluding hydrogens is 520 g/mol. The van der Waals surface area contributed by atoms with Crippen LogP contribution in [0.3, 0.4) is 0 Å². The molecule has 4 atom stereocenters. The van der Waals surface area contributed by atoms with Gasteiger partial charge in [0.1, 0.15) is 12.2 Å². The largest absolute Gasteiger partial charge is 0.376 e. The molecule has 1 aliphatic rings. The van der Waals surface area contributed by atoms with Crippen molar-refractivity contribution in [2.75, 3.05) is 6.61 Å². The second-order valence-corrected chi connectivity index (χ2v) is 11.0. The van der Waals surface area contributed by atoms with Gasteiger partial charge in [-0.15, -0.1) is 0 Å². The summed E-state index contributed by atoms with van der Waals surface area (Å²) in [6.45, 7) is 1.86. The van der Waals surface area contributed by atoms with E-state index in [9.17, 15) is 4.79 Å². The van der Waals surface area contributed by atoms with Crippen LogP contribution in [0.2, 0.25) is 0 Å². The van der Waals surface area contributed by atoms with Crippen molar-refractivity contribution in [2.45, 2.75) is 50.0 Å². The smallest absolute Gasteiger partial charge is 0.220 e. The number of hydrogen-bond donors (Lipinski definition) is 0. The number of thioether (sulfide) groups is 1. The average molecular weight is 555 g/mol. The Bertz CT molecular complexity index is 1290. The minimum atomic E-state index is -0.778. The van der Waals surface area contributed by atoms with Gasteiger partial charge in [0.15, 0.2) is 6.10 Å².